The second kappa shape index (κ2) is 7.35. The molecule has 0 radical (unpaired) electrons. The fourth-order valence-electron chi connectivity index (χ4n) is 3.84. The van der Waals surface area contributed by atoms with Crippen molar-refractivity contribution >= 4 is 11.7 Å². The van der Waals surface area contributed by atoms with Crippen LogP contribution in [-0.4, -0.2) is 49.7 Å². The molecule has 1 fully saturated rings. The second-order valence-electron chi connectivity index (χ2n) is 6.73. The van der Waals surface area contributed by atoms with Crippen LogP contribution in [-0.2, 0) is 16.0 Å². The molecule has 4 nitrogen and oxygen atoms in total. The van der Waals surface area contributed by atoms with E-state index in [-0.39, 0.29) is 12.0 Å². The molecule has 0 saturated carbocycles. The molecule has 3 rings (SSSR count). The Morgan fingerprint density at radius 1 is 1.26 bits per heavy atom. The summed E-state index contributed by atoms with van der Waals surface area (Å²) in [5.41, 5.74) is 2.91. The van der Waals surface area contributed by atoms with Crippen LogP contribution in [0.5, 0.6) is 0 Å². The highest BCUT2D eigenvalue weighted by molar-refractivity contribution is 5.75. The Hall–Kier alpha value is -1.55. The van der Waals surface area contributed by atoms with Gasteiger partial charge in [0.2, 0.25) is 0 Å². The Labute approximate surface area is 139 Å². The molecule has 1 saturated heterocycles. The van der Waals surface area contributed by atoms with E-state index in [4.69, 9.17) is 4.74 Å². The molecule has 1 aromatic carbocycles. The number of nitrogens with zero attached hydrogens (tertiary/aromatic N) is 2. The van der Waals surface area contributed by atoms with E-state index in [2.05, 4.69) is 34.1 Å². The molecule has 1 aromatic rings. The van der Waals surface area contributed by atoms with Crippen LogP contribution < -0.4 is 4.90 Å². The molecular weight excluding hydrogens is 288 g/mol. The lowest BCUT2D eigenvalue weighted by Crippen LogP contribution is -2.46. The maximum Gasteiger partial charge on any atom is 0.323 e. The minimum atomic E-state index is -0.108. The van der Waals surface area contributed by atoms with Gasteiger partial charge in [-0.1, -0.05) is 18.2 Å². The Morgan fingerprint density at radius 2 is 2.00 bits per heavy atom. The minimum Gasteiger partial charge on any atom is -0.465 e. The first kappa shape index (κ1) is 16.3. The molecule has 2 aliphatic heterocycles. The predicted molar refractivity (Wildman–Crippen MR) is 92.8 cm³/mol. The van der Waals surface area contributed by atoms with Crippen LogP contribution in [0.2, 0.25) is 0 Å². The van der Waals surface area contributed by atoms with Crippen molar-refractivity contribution in [2.45, 2.75) is 39.2 Å². The number of esters is 1. The first-order valence-electron chi connectivity index (χ1n) is 8.92. The van der Waals surface area contributed by atoms with Crippen LogP contribution >= 0.6 is 0 Å². The number of piperidine rings is 1. The molecule has 2 heterocycles. The fraction of sp³-hybridized carbons (Fsp3) is 0.632. The van der Waals surface area contributed by atoms with Gasteiger partial charge in [-0.3, -0.25) is 9.69 Å². The number of para-hydroxylation sites is 1. The molecule has 4 heteroatoms. The van der Waals surface area contributed by atoms with E-state index in [9.17, 15) is 4.79 Å². The molecular formula is C19H28N2O2. The molecule has 2 aliphatic rings. The van der Waals surface area contributed by atoms with Crippen molar-refractivity contribution in [3.8, 4) is 0 Å². The third-order valence-electron chi connectivity index (χ3n) is 5.29. The smallest absolute Gasteiger partial charge is 0.323 e. The molecule has 0 spiro atoms. The van der Waals surface area contributed by atoms with Gasteiger partial charge in [0.25, 0.3) is 0 Å². The fourth-order valence-corrected chi connectivity index (χ4v) is 3.84. The Morgan fingerprint density at radius 3 is 2.74 bits per heavy atom. The topological polar surface area (TPSA) is 32.8 Å². The van der Waals surface area contributed by atoms with Crippen LogP contribution in [0, 0.1) is 5.92 Å². The lowest BCUT2D eigenvalue weighted by molar-refractivity contribution is -0.149. The molecule has 126 valence electrons. The lowest BCUT2D eigenvalue weighted by Gasteiger charge is -2.36. The van der Waals surface area contributed by atoms with E-state index in [1.807, 2.05) is 13.8 Å². The number of ether oxygens (including phenoxy) is 1. The SMILES string of the molecule is CCOC(=O)C(C)N1CCC(CN2CCc3ccccc32)CC1. The van der Waals surface area contributed by atoms with Crippen LogP contribution in [0.4, 0.5) is 5.69 Å². The third-order valence-corrected chi connectivity index (χ3v) is 5.29. The normalized spacial score (nSPS) is 20.3. The predicted octanol–water partition coefficient (Wildman–Crippen LogP) is 2.71. The van der Waals surface area contributed by atoms with E-state index < -0.39 is 0 Å². The van der Waals surface area contributed by atoms with E-state index in [0.717, 1.165) is 32.1 Å². The molecule has 0 N–H and O–H groups in total. The summed E-state index contributed by atoms with van der Waals surface area (Å²) < 4.78 is 5.14. The van der Waals surface area contributed by atoms with Crippen LogP contribution in [0.25, 0.3) is 0 Å². The monoisotopic (exact) mass is 316 g/mol. The largest absolute Gasteiger partial charge is 0.465 e. The number of carbonyl (C=O) groups excluding carboxylic acids is 1. The zero-order chi connectivity index (χ0) is 16.2. The average molecular weight is 316 g/mol. The summed E-state index contributed by atoms with van der Waals surface area (Å²) in [4.78, 5) is 16.7. The molecule has 1 unspecified atom stereocenters. The number of carbonyl (C=O) groups is 1. The molecule has 0 amide bonds. The maximum atomic E-state index is 11.9. The van der Waals surface area contributed by atoms with E-state index in [1.54, 1.807) is 0 Å². The van der Waals surface area contributed by atoms with Crippen molar-refractivity contribution in [2.24, 2.45) is 5.92 Å². The zero-order valence-electron chi connectivity index (χ0n) is 14.3. The van der Waals surface area contributed by atoms with Gasteiger partial charge in [0.1, 0.15) is 6.04 Å². The molecule has 0 bridgehead atoms. The Kier molecular flexibility index (Phi) is 5.21. The van der Waals surface area contributed by atoms with Crippen LogP contribution in [0.1, 0.15) is 32.3 Å². The van der Waals surface area contributed by atoms with Gasteiger partial charge >= 0.3 is 5.97 Å². The van der Waals surface area contributed by atoms with Crippen LogP contribution in [0.3, 0.4) is 0 Å². The molecule has 0 aromatic heterocycles. The summed E-state index contributed by atoms with van der Waals surface area (Å²) in [5, 5.41) is 0. The van der Waals surface area contributed by atoms with E-state index in [0.29, 0.717) is 6.61 Å². The van der Waals surface area contributed by atoms with Crippen molar-refractivity contribution in [2.75, 3.05) is 37.7 Å². The van der Waals surface area contributed by atoms with Gasteiger partial charge in [-0.25, -0.2) is 0 Å². The van der Waals surface area contributed by atoms with Crippen molar-refractivity contribution in [1.82, 2.24) is 4.90 Å². The van der Waals surface area contributed by atoms with Crippen molar-refractivity contribution < 1.29 is 9.53 Å². The van der Waals surface area contributed by atoms with Crippen LogP contribution in [0.15, 0.2) is 24.3 Å². The highest BCUT2D eigenvalue weighted by Crippen LogP contribution is 2.30. The van der Waals surface area contributed by atoms with Crippen molar-refractivity contribution in [3.05, 3.63) is 29.8 Å². The van der Waals surface area contributed by atoms with E-state index >= 15 is 0 Å². The number of fused-ring (bicyclic) bond motifs is 1. The molecule has 1 atom stereocenters. The second-order valence-corrected chi connectivity index (χ2v) is 6.73. The summed E-state index contributed by atoms with van der Waals surface area (Å²) in [6.45, 7) is 8.60. The van der Waals surface area contributed by atoms with Gasteiger partial charge in [0.05, 0.1) is 6.61 Å². The first-order valence-corrected chi connectivity index (χ1v) is 8.92. The standard InChI is InChI=1S/C19H28N2O2/c1-3-23-19(22)15(2)20-11-8-16(9-12-20)14-21-13-10-17-6-4-5-7-18(17)21/h4-7,15-16H,3,8-14H2,1-2H3. The summed E-state index contributed by atoms with van der Waals surface area (Å²) in [6.07, 6.45) is 3.51. The molecule has 0 aliphatic carbocycles. The number of hydrogen-bond donors (Lipinski definition) is 0. The van der Waals surface area contributed by atoms with Gasteiger partial charge in [0.15, 0.2) is 0 Å². The number of likely N-dealkylation sites (tertiary alicyclic amines) is 1. The Bertz CT molecular complexity index is 538. The summed E-state index contributed by atoms with van der Waals surface area (Å²) in [7, 11) is 0. The summed E-state index contributed by atoms with van der Waals surface area (Å²) in [5.74, 6) is 0.645. The summed E-state index contributed by atoms with van der Waals surface area (Å²) in [6, 6.07) is 8.67. The van der Waals surface area contributed by atoms with Crippen molar-refractivity contribution in [1.29, 1.82) is 0 Å². The number of benzene rings is 1. The number of anilines is 1. The van der Waals surface area contributed by atoms with Gasteiger partial charge in [-0.15, -0.1) is 0 Å². The third kappa shape index (κ3) is 3.69. The lowest BCUT2D eigenvalue weighted by atomic mass is 9.95. The highest BCUT2D eigenvalue weighted by atomic mass is 16.5. The van der Waals surface area contributed by atoms with Gasteiger partial charge in [0, 0.05) is 18.8 Å². The minimum absolute atomic E-state index is 0.0839. The molecule has 23 heavy (non-hydrogen) atoms. The quantitative estimate of drug-likeness (QED) is 0.782. The zero-order valence-corrected chi connectivity index (χ0v) is 14.3. The first-order chi connectivity index (χ1) is 11.2. The Balaban J connectivity index is 1.49. The number of rotatable bonds is 5. The van der Waals surface area contributed by atoms with E-state index in [1.165, 1.54) is 30.5 Å². The van der Waals surface area contributed by atoms with Gasteiger partial charge in [-0.2, -0.15) is 0 Å². The number of hydrogen-bond acceptors (Lipinski definition) is 4. The maximum absolute atomic E-state index is 11.9. The highest BCUT2D eigenvalue weighted by Gasteiger charge is 2.29. The average Bonchev–Trinajstić information content (AvgIpc) is 2.98. The van der Waals surface area contributed by atoms with Gasteiger partial charge in [-0.05, 0) is 63.7 Å². The van der Waals surface area contributed by atoms with Crippen molar-refractivity contribution in [3.63, 3.8) is 0 Å². The summed E-state index contributed by atoms with van der Waals surface area (Å²) >= 11 is 0. The van der Waals surface area contributed by atoms with Gasteiger partial charge < -0.3 is 9.64 Å².